The lowest BCUT2D eigenvalue weighted by Gasteiger charge is -2.12. The van der Waals surface area contributed by atoms with Crippen LogP contribution in [0.4, 0.5) is 0 Å². The number of carbonyl (C=O) groups is 1. The average molecular weight is 133 g/mol. The fourth-order valence-electron chi connectivity index (χ4n) is 0.330. The van der Waals surface area contributed by atoms with Crippen molar-refractivity contribution in [2.24, 2.45) is 17.2 Å². The Morgan fingerprint density at radius 1 is 1.56 bits per heavy atom. The molecule has 0 aliphatic heterocycles. The molecule has 9 heavy (non-hydrogen) atoms. The van der Waals surface area contributed by atoms with Gasteiger partial charge in [0.05, 0.1) is 0 Å². The highest BCUT2D eigenvalue weighted by Gasteiger charge is 2.18. The lowest BCUT2D eigenvalue weighted by molar-refractivity contribution is -0.138. The molecule has 0 aliphatic rings. The quantitative estimate of drug-likeness (QED) is 0.345. The molecular formula is C4H11N3O2. The third kappa shape index (κ3) is 2.41. The van der Waals surface area contributed by atoms with Gasteiger partial charge in [-0.3, -0.25) is 4.79 Å². The zero-order chi connectivity index (χ0) is 7.44. The zero-order valence-corrected chi connectivity index (χ0v) is 4.95. The van der Waals surface area contributed by atoms with Gasteiger partial charge in [-0.15, -0.1) is 0 Å². The molecule has 0 aromatic rings. The fourth-order valence-corrected chi connectivity index (χ4v) is 0.330. The van der Waals surface area contributed by atoms with Crippen molar-refractivity contribution >= 4 is 5.97 Å². The summed E-state index contributed by atoms with van der Waals surface area (Å²) in [7, 11) is 0. The van der Waals surface area contributed by atoms with Crippen molar-refractivity contribution in [2.45, 2.75) is 12.1 Å². The Kier molecular flexibility index (Phi) is 3.15. The van der Waals surface area contributed by atoms with Gasteiger partial charge >= 0.3 is 5.97 Å². The zero-order valence-electron chi connectivity index (χ0n) is 4.95. The first-order valence-electron chi connectivity index (χ1n) is 2.53. The topological polar surface area (TPSA) is 115 Å². The molecule has 2 atom stereocenters. The molecule has 0 aromatic heterocycles. The first-order valence-corrected chi connectivity index (χ1v) is 2.53. The molecule has 0 aromatic carbocycles. The number of hydrogen-bond donors (Lipinski definition) is 4. The van der Waals surface area contributed by atoms with Crippen LogP contribution in [0, 0.1) is 0 Å². The smallest absolute Gasteiger partial charge is 0.322 e. The largest absolute Gasteiger partial charge is 0.480 e. The lowest BCUT2D eigenvalue weighted by Crippen LogP contribution is -2.50. The van der Waals surface area contributed by atoms with Gasteiger partial charge in [0.2, 0.25) is 0 Å². The van der Waals surface area contributed by atoms with Gasteiger partial charge in [-0.2, -0.15) is 0 Å². The number of nitrogens with two attached hydrogens (primary N) is 3. The predicted molar refractivity (Wildman–Crippen MR) is 32.6 cm³/mol. The molecule has 7 N–H and O–H groups in total. The van der Waals surface area contributed by atoms with E-state index < -0.39 is 18.1 Å². The van der Waals surface area contributed by atoms with E-state index in [2.05, 4.69) is 0 Å². The van der Waals surface area contributed by atoms with E-state index in [1.54, 1.807) is 0 Å². The van der Waals surface area contributed by atoms with Crippen LogP contribution in [0.2, 0.25) is 0 Å². The molecule has 0 rings (SSSR count). The number of rotatable bonds is 3. The fraction of sp³-hybridized carbons (Fsp3) is 0.750. The van der Waals surface area contributed by atoms with Gasteiger partial charge in [-0.1, -0.05) is 0 Å². The molecule has 2 unspecified atom stereocenters. The first kappa shape index (κ1) is 8.35. The summed E-state index contributed by atoms with van der Waals surface area (Å²) in [6.07, 6.45) is 0. The summed E-state index contributed by atoms with van der Waals surface area (Å²) in [5.74, 6) is -1.12. The molecule has 0 saturated carbocycles. The van der Waals surface area contributed by atoms with Crippen LogP contribution in [0.15, 0.2) is 0 Å². The Hall–Kier alpha value is -0.650. The molecule has 5 heteroatoms. The third-order valence-corrected chi connectivity index (χ3v) is 1.02. The minimum absolute atomic E-state index is 0.0907. The summed E-state index contributed by atoms with van der Waals surface area (Å²) in [5.41, 5.74) is 15.3. The monoisotopic (exact) mass is 133 g/mol. The van der Waals surface area contributed by atoms with Gasteiger partial charge in [-0.25, -0.2) is 0 Å². The van der Waals surface area contributed by atoms with E-state index in [1.165, 1.54) is 0 Å². The minimum atomic E-state index is -1.12. The van der Waals surface area contributed by atoms with Crippen LogP contribution in [-0.2, 0) is 4.79 Å². The van der Waals surface area contributed by atoms with Crippen molar-refractivity contribution in [3.05, 3.63) is 0 Å². The SMILES string of the molecule is NCC(N)C(N)C(=O)O. The normalized spacial score (nSPS) is 16.8. The van der Waals surface area contributed by atoms with E-state index in [1.807, 2.05) is 0 Å². The van der Waals surface area contributed by atoms with E-state index in [0.29, 0.717) is 0 Å². The van der Waals surface area contributed by atoms with Crippen molar-refractivity contribution in [3.8, 4) is 0 Å². The predicted octanol–water partition coefficient (Wildman–Crippen LogP) is -2.32. The van der Waals surface area contributed by atoms with Crippen molar-refractivity contribution in [3.63, 3.8) is 0 Å². The molecule has 0 fully saturated rings. The minimum Gasteiger partial charge on any atom is -0.480 e. The van der Waals surface area contributed by atoms with E-state index in [9.17, 15) is 4.79 Å². The van der Waals surface area contributed by atoms with Crippen molar-refractivity contribution in [2.75, 3.05) is 6.54 Å². The molecule has 0 heterocycles. The standard InChI is InChI=1S/C4H11N3O2/c5-1-2(6)3(7)4(8)9/h2-3H,1,5-7H2,(H,8,9). The molecular weight excluding hydrogens is 122 g/mol. The van der Waals surface area contributed by atoms with Crippen molar-refractivity contribution in [1.29, 1.82) is 0 Å². The van der Waals surface area contributed by atoms with Gasteiger partial charge in [0.25, 0.3) is 0 Å². The number of carboxylic acid groups (broad SMARTS) is 1. The maximum Gasteiger partial charge on any atom is 0.322 e. The van der Waals surface area contributed by atoms with Crippen LogP contribution in [0.1, 0.15) is 0 Å². The van der Waals surface area contributed by atoms with Gasteiger partial charge in [0.15, 0.2) is 0 Å². The summed E-state index contributed by atoms with van der Waals surface area (Å²) in [5, 5.41) is 8.22. The molecule has 0 bridgehead atoms. The van der Waals surface area contributed by atoms with Crippen LogP contribution in [-0.4, -0.2) is 29.7 Å². The average Bonchev–Trinajstić information content (AvgIpc) is 1.84. The third-order valence-electron chi connectivity index (χ3n) is 1.02. The van der Waals surface area contributed by atoms with Gasteiger partial charge in [0, 0.05) is 12.6 Å². The van der Waals surface area contributed by atoms with E-state index in [4.69, 9.17) is 22.3 Å². The highest BCUT2D eigenvalue weighted by atomic mass is 16.4. The van der Waals surface area contributed by atoms with Crippen LogP contribution in [0.25, 0.3) is 0 Å². The van der Waals surface area contributed by atoms with Gasteiger partial charge < -0.3 is 22.3 Å². The summed E-state index contributed by atoms with van der Waals surface area (Å²) in [6.45, 7) is 0.0907. The van der Waals surface area contributed by atoms with E-state index >= 15 is 0 Å². The molecule has 5 nitrogen and oxygen atoms in total. The molecule has 54 valence electrons. The van der Waals surface area contributed by atoms with Crippen LogP contribution >= 0.6 is 0 Å². The van der Waals surface area contributed by atoms with Gasteiger partial charge in [0.1, 0.15) is 6.04 Å². The maximum atomic E-state index is 10.0. The molecule has 0 spiro atoms. The Bertz CT molecular complexity index is 106. The van der Waals surface area contributed by atoms with Crippen molar-refractivity contribution < 1.29 is 9.90 Å². The summed E-state index contributed by atoms with van der Waals surface area (Å²) < 4.78 is 0. The number of hydrogen-bond acceptors (Lipinski definition) is 4. The highest BCUT2D eigenvalue weighted by Crippen LogP contribution is 1.82. The second-order valence-electron chi connectivity index (χ2n) is 1.76. The molecule has 0 saturated heterocycles. The summed E-state index contributed by atoms with van der Waals surface area (Å²) in [6, 6.07) is -1.70. The van der Waals surface area contributed by atoms with Crippen molar-refractivity contribution in [1.82, 2.24) is 0 Å². The first-order chi connectivity index (χ1) is 4.09. The number of aliphatic carboxylic acids is 1. The Balaban J connectivity index is 3.72. The second-order valence-corrected chi connectivity index (χ2v) is 1.76. The Morgan fingerprint density at radius 3 is 2.11 bits per heavy atom. The lowest BCUT2D eigenvalue weighted by atomic mass is 10.1. The van der Waals surface area contributed by atoms with Gasteiger partial charge in [-0.05, 0) is 0 Å². The second kappa shape index (κ2) is 3.39. The van der Waals surface area contributed by atoms with Crippen LogP contribution < -0.4 is 17.2 Å². The maximum absolute atomic E-state index is 10.0. The van der Waals surface area contributed by atoms with Crippen LogP contribution in [0.5, 0.6) is 0 Å². The van der Waals surface area contributed by atoms with Crippen LogP contribution in [0.3, 0.4) is 0 Å². The van der Waals surface area contributed by atoms with E-state index in [0.717, 1.165) is 0 Å². The molecule has 0 aliphatic carbocycles. The number of carboxylic acids is 1. The summed E-state index contributed by atoms with van der Waals surface area (Å²) >= 11 is 0. The molecule has 0 radical (unpaired) electrons. The highest BCUT2D eigenvalue weighted by molar-refractivity contribution is 5.74. The summed E-state index contributed by atoms with van der Waals surface area (Å²) in [4.78, 5) is 10.0. The Morgan fingerprint density at radius 2 is 2.00 bits per heavy atom. The molecule has 0 amide bonds. The van der Waals surface area contributed by atoms with E-state index in [-0.39, 0.29) is 6.54 Å². The Labute approximate surface area is 52.8 Å².